The quantitative estimate of drug-likeness (QED) is 0.576. The summed E-state index contributed by atoms with van der Waals surface area (Å²) in [5, 5.41) is 9.23. The average molecular weight is 395 g/mol. The molecule has 3 heterocycles. The van der Waals surface area contributed by atoms with Gasteiger partial charge in [0.2, 0.25) is 5.78 Å². The summed E-state index contributed by atoms with van der Waals surface area (Å²) in [5.74, 6) is 0.621. The first kappa shape index (κ1) is 16.5. The minimum Gasteiger partial charge on any atom is -0.461 e. The van der Waals surface area contributed by atoms with Crippen LogP contribution in [-0.2, 0) is 0 Å². The molecule has 0 fully saturated rings. The molecule has 0 saturated carbocycles. The van der Waals surface area contributed by atoms with Gasteiger partial charge in [0.05, 0.1) is 16.6 Å². The fourth-order valence-electron chi connectivity index (χ4n) is 3.56. The Morgan fingerprint density at radius 2 is 1.93 bits per heavy atom. The Kier molecular flexibility index (Phi) is 3.99. The number of carbonyl (C=O) groups is 1. The third kappa shape index (κ3) is 2.83. The standard InChI is InChI=1S/C21H15ClN2O2S/c22-14-9-7-13(8-10-14)20(25)21-24-17(15-4-1-2-5-18(15)26-21)12-16(23-24)19-6-3-11-27-19/h1-11,17,21H,12H2/t17-,21+/m0/s1. The van der Waals surface area contributed by atoms with E-state index in [0.717, 1.165) is 28.3 Å². The maximum absolute atomic E-state index is 13.2. The summed E-state index contributed by atoms with van der Waals surface area (Å²) in [4.78, 5) is 14.3. The van der Waals surface area contributed by atoms with Crippen LogP contribution in [0.25, 0.3) is 0 Å². The predicted octanol–water partition coefficient (Wildman–Crippen LogP) is 5.15. The van der Waals surface area contributed by atoms with E-state index in [1.165, 1.54) is 0 Å². The molecule has 2 atom stereocenters. The number of hydrogen-bond acceptors (Lipinski definition) is 5. The molecule has 0 saturated heterocycles. The number of rotatable bonds is 3. The van der Waals surface area contributed by atoms with E-state index in [2.05, 4.69) is 6.07 Å². The van der Waals surface area contributed by atoms with Crippen LogP contribution in [0.2, 0.25) is 5.02 Å². The van der Waals surface area contributed by atoms with Gasteiger partial charge in [-0.3, -0.25) is 4.79 Å². The van der Waals surface area contributed by atoms with Gasteiger partial charge in [0, 0.05) is 22.6 Å². The number of para-hydroxylation sites is 1. The number of fused-ring (bicyclic) bond motifs is 3. The highest BCUT2D eigenvalue weighted by molar-refractivity contribution is 7.12. The van der Waals surface area contributed by atoms with Gasteiger partial charge in [-0.2, -0.15) is 5.10 Å². The first-order valence-electron chi connectivity index (χ1n) is 8.66. The predicted molar refractivity (Wildman–Crippen MR) is 107 cm³/mol. The van der Waals surface area contributed by atoms with Crippen molar-refractivity contribution in [2.24, 2.45) is 5.10 Å². The van der Waals surface area contributed by atoms with Crippen molar-refractivity contribution in [1.82, 2.24) is 5.01 Å². The van der Waals surface area contributed by atoms with Gasteiger partial charge in [-0.05, 0) is 41.8 Å². The molecule has 0 radical (unpaired) electrons. The molecule has 0 aliphatic carbocycles. The van der Waals surface area contributed by atoms with Crippen LogP contribution in [0.3, 0.4) is 0 Å². The Hall–Kier alpha value is -2.63. The average Bonchev–Trinajstić information content (AvgIpc) is 3.37. The Morgan fingerprint density at radius 1 is 1.11 bits per heavy atom. The Balaban J connectivity index is 1.56. The van der Waals surface area contributed by atoms with Crippen molar-refractivity contribution < 1.29 is 9.53 Å². The van der Waals surface area contributed by atoms with Crippen molar-refractivity contribution in [3.63, 3.8) is 0 Å². The Morgan fingerprint density at radius 3 is 2.70 bits per heavy atom. The van der Waals surface area contributed by atoms with Crippen molar-refractivity contribution in [1.29, 1.82) is 0 Å². The van der Waals surface area contributed by atoms with Gasteiger partial charge in [-0.15, -0.1) is 11.3 Å². The third-order valence-corrected chi connectivity index (χ3v) is 6.03. The zero-order valence-corrected chi connectivity index (χ0v) is 15.8. The lowest BCUT2D eigenvalue weighted by molar-refractivity contribution is -0.00455. The first-order valence-corrected chi connectivity index (χ1v) is 9.91. The molecule has 6 heteroatoms. The summed E-state index contributed by atoms with van der Waals surface area (Å²) in [7, 11) is 0. The van der Waals surface area contributed by atoms with E-state index in [1.54, 1.807) is 35.6 Å². The number of halogens is 1. The molecule has 0 spiro atoms. The van der Waals surface area contributed by atoms with Gasteiger partial charge < -0.3 is 4.74 Å². The van der Waals surface area contributed by atoms with Gasteiger partial charge in [0.1, 0.15) is 5.75 Å². The third-order valence-electron chi connectivity index (χ3n) is 4.86. The number of ketones is 1. The van der Waals surface area contributed by atoms with E-state index in [9.17, 15) is 4.79 Å². The molecule has 0 unspecified atom stereocenters. The largest absolute Gasteiger partial charge is 0.461 e. The van der Waals surface area contributed by atoms with Gasteiger partial charge >= 0.3 is 0 Å². The second-order valence-corrected chi connectivity index (χ2v) is 7.89. The van der Waals surface area contributed by atoms with Crippen LogP contribution in [0.4, 0.5) is 0 Å². The van der Waals surface area contributed by atoms with Crippen LogP contribution in [0.5, 0.6) is 5.75 Å². The molecule has 0 N–H and O–H groups in total. The van der Waals surface area contributed by atoms with Crippen LogP contribution in [-0.4, -0.2) is 22.7 Å². The number of carbonyl (C=O) groups excluding carboxylic acids is 1. The number of ether oxygens (including phenoxy) is 1. The molecule has 1 aromatic heterocycles. The lowest BCUT2D eigenvalue weighted by Gasteiger charge is -2.37. The van der Waals surface area contributed by atoms with E-state index >= 15 is 0 Å². The molecule has 27 heavy (non-hydrogen) atoms. The molecule has 2 aliphatic heterocycles. The summed E-state index contributed by atoms with van der Waals surface area (Å²) < 4.78 is 6.10. The molecule has 0 bridgehead atoms. The van der Waals surface area contributed by atoms with E-state index in [4.69, 9.17) is 21.4 Å². The molecule has 3 aromatic rings. The van der Waals surface area contributed by atoms with E-state index < -0.39 is 6.23 Å². The number of thiophene rings is 1. The monoisotopic (exact) mass is 394 g/mol. The van der Waals surface area contributed by atoms with E-state index in [-0.39, 0.29) is 11.8 Å². The van der Waals surface area contributed by atoms with Crippen molar-refractivity contribution in [2.75, 3.05) is 0 Å². The Labute approximate surface area is 165 Å². The van der Waals surface area contributed by atoms with E-state index in [1.807, 2.05) is 40.7 Å². The van der Waals surface area contributed by atoms with E-state index in [0.29, 0.717) is 10.6 Å². The number of benzene rings is 2. The van der Waals surface area contributed by atoms with Gasteiger partial charge in [-0.25, -0.2) is 5.01 Å². The smallest absolute Gasteiger partial charge is 0.251 e. The molecule has 134 valence electrons. The fourth-order valence-corrected chi connectivity index (χ4v) is 4.40. The highest BCUT2D eigenvalue weighted by atomic mass is 35.5. The minimum absolute atomic E-state index is 0.00620. The number of nitrogens with zero attached hydrogens (tertiary/aromatic N) is 2. The molecule has 5 rings (SSSR count). The maximum atomic E-state index is 13.2. The second kappa shape index (κ2) is 6.51. The van der Waals surface area contributed by atoms with Crippen molar-refractivity contribution in [2.45, 2.75) is 18.7 Å². The summed E-state index contributed by atoms with van der Waals surface area (Å²) in [6, 6.07) is 18.8. The second-order valence-electron chi connectivity index (χ2n) is 6.50. The van der Waals surface area contributed by atoms with Crippen LogP contribution in [0.1, 0.15) is 33.3 Å². The SMILES string of the molecule is O=C(c1ccc(Cl)cc1)[C@H]1Oc2ccccc2[C@@H]2CC(c3cccs3)=NN12. The molecule has 2 aromatic carbocycles. The van der Waals surface area contributed by atoms with Crippen LogP contribution in [0, 0.1) is 0 Å². The molecular formula is C21H15ClN2O2S. The summed E-state index contributed by atoms with van der Waals surface area (Å²) in [6.07, 6.45) is -0.0331. The zero-order chi connectivity index (χ0) is 18.4. The summed E-state index contributed by atoms with van der Waals surface area (Å²) in [6.45, 7) is 0. The number of hydrogen-bond donors (Lipinski definition) is 0. The summed E-state index contributed by atoms with van der Waals surface area (Å²) >= 11 is 7.62. The van der Waals surface area contributed by atoms with Gasteiger partial charge in [0.25, 0.3) is 6.23 Å². The maximum Gasteiger partial charge on any atom is 0.251 e. The lowest BCUT2D eigenvalue weighted by Crippen LogP contribution is -2.45. The fraction of sp³-hybridized carbons (Fsp3) is 0.143. The minimum atomic E-state index is -0.788. The van der Waals surface area contributed by atoms with Crippen LogP contribution in [0.15, 0.2) is 71.1 Å². The number of Topliss-reactive ketones (excluding diaryl/α,β-unsaturated/α-hetero) is 1. The van der Waals surface area contributed by atoms with Gasteiger partial charge in [-0.1, -0.05) is 35.9 Å². The molecular weight excluding hydrogens is 380 g/mol. The normalized spacial score (nSPS) is 20.5. The highest BCUT2D eigenvalue weighted by Gasteiger charge is 2.43. The van der Waals surface area contributed by atoms with Crippen molar-refractivity contribution in [3.05, 3.63) is 87.1 Å². The number of hydrazone groups is 1. The van der Waals surface area contributed by atoms with Crippen molar-refractivity contribution >= 4 is 34.4 Å². The highest BCUT2D eigenvalue weighted by Crippen LogP contribution is 2.43. The molecule has 0 amide bonds. The zero-order valence-electron chi connectivity index (χ0n) is 14.2. The van der Waals surface area contributed by atoms with Crippen LogP contribution < -0.4 is 4.74 Å². The first-order chi connectivity index (χ1) is 13.2. The molecule has 4 nitrogen and oxygen atoms in total. The molecule has 2 aliphatic rings. The van der Waals surface area contributed by atoms with Crippen molar-refractivity contribution in [3.8, 4) is 5.75 Å². The van der Waals surface area contributed by atoms with Gasteiger partial charge in [0.15, 0.2) is 0 Å². The lowest BCUT2D eigenvalue weighted by atomic mass is 9.97. The van der Waals surface area contributed by atoms with Crippen LogP contribution >= 0.6 is 22.9 Å². The summed E-state index contributed by atoms with van der Waals surface area (Å²) in [5.41, 5.74) is 2.61. The topological polar surface area (TPSA) is 41.9 Å². The Bertz CT molecular complexity index is 1030.